The van der Waals surface area contributed by atoms with Crippen LogP contribution in [0, 0.1) is 5.82 Å². The molecule has 0 bridgehead atoms. The summed E-state index contributed by atoms with van der Waals surface area (Å²) < 4.78 is 13.6. The summed E-state index contributed by atoms with van der Waals surface area (Å²) in [7, 11) is 0. The van der Waals surface area contributed by atoms with Crippen molar-refractivity contribution in [2.45, 2.75) is 30.8 Å². The molecule has 1 saturated carbocycles. The number of hydrogen-bond donors (Lipinski definition) is 2. The van der Waals surface area contributed by atoms with Crippen molar-refractivity contribution in [3.05, 3.63) is 35.6 Å². The number of benzene rings is 1. The highest BCUT2D eigenvalue weighted by Gasteiger charge is 2.48. The largest absolute Gasteiger partial charge is 0.465 e. The second kappa shape index (κ2) is 6.39. The molecule has 1 saturated heterocycles. The standard InChI is InChI=1S/C17H21FN2O4/c18-13-4-1-3-12(11-13)14(17(24)5-2-6-17)15(21)19-7-9-20(10-8-19)16(22)23/h1,3-4,11,14,24H,2,5-10H2,(H,22,23). The van der Waals surface area contributed by atoms with E-state index in [-0.39, 0.29) is 32.1 Å². The Morgan fingerprint density at radius 2 is 1.75 bits per heavy atom. The van der Waals surface area contributed by atoms with Crippen molar-refractivity contribution in [1.29, 1.82) is 0 Å². The summed E-state index contributed by atoms with van der Waals surface area (Å²) in [5, 5.41) is 19.8. The number of nitrogens with zero attached hydrogens (tertiary/aromatic N) is 2. The van der Waals surface area contributed by atoms with Crippen LogP contribution in [-0.4, -0.2) is 63.8 Å². The van der Waals surface area contributed by atoms with Crippen molar-refractivity contribution in [3.63, 3.8) is 0 Å². The van der Waals surface area contributed by atoms with E-state index in [0.717, 1.165) is 6.42 Å². The molecular weight excluding hydrogens is 315 g/mol. The van der Waals surface area contributed by atoms with Gasteiger partial charge in [0.15, 0.2) is 0 Å². The number of carboxylic acid groups (broad SMARTS) is 1. The Bertz CT molecular complexity index is 639. The van der Waals surface area contributed by atoms with Gasteiger partial charge in [0.2, 0.25) is 5.91 Å². The lowest BCUT2D eigenvalue weighted by molar-refractivity contribution is -0.146. The molecular formula is C17H21FN2O4. The van der Waals surface area contributed by atoms with Crippen LogP contribution in [0.2, 0.25) is 0 Å². The van der Waals surface area contributed by atoms with Gasteiger partial charge in [-0.15, -0.1) is 0 Å². The third kappa shape index (κ3) is 3.08. The van der Waals surface area contributed by atoms with E-state index in [0.29, 0.717) is 18.4 Å². The highest BCUT2D eigenvalue weighted by Crippen LogP contribution is 2.44. The van der Waals surface area contributed by atoms with Crippen LogP contribution in [0.5, 0.6) is 0 Å². The number of hydrogen-bond acceptors (Lipinski definition) is 3. The average Bonchev–Trinajstić information content (AvgIpc) is 2.53. The van der Waals surface area contributed by atoms with Crippen molar-refractivity contribution in [1.82, 2.24) is 9.80 Å². The molecule has 0 aromatic heterocycles. The lowest BCUT2D eigenvalue weighted by Crippen LogP contribution is -2.55. The van der Waals surface area contributed by atoms with Gasteiger partial charge >= 0.3 is 6.09 Å². The Hall–Kier alpha value is -2.15. The summed E-state index contributed by atoms with van der Waals surface area (Å²) in [5.74, 6) is -1.50. The molecule has 1 aliphatic carbocycles. The second-order valence-electron chi connectivity index (χ2n) is 6.54. The minimum Gasteiger partial charge on any atom is -0.465 e. The normalized spacial score (nSPS) is 21.1. The van der Waals surface area contributed by atoms with Gasteiger partial charge in [-0.3, -0.25) is 4.79 Å². The molecule has 0 spiro atoms. The van der Waals surface area contributed by atoms with E-state index in [9.17, 15) is 19.1 Å². The fraction of sp³-hybridized carbons (Fsp3) is 0.529. The maximum absolute atomic E-state index is 13.6. The van der Waals surface area contributed by atoms with Gasteiger partial charge in [0.25, 0.3) is 0 Å². The highest BCUT2D eigenvalue weighted by atomic mass is 19.1. The Kier molecular flexibility index (Phi) is 4.45. The SMILES string of the molecule is O=C(O)N1CCN(C(=O)C(c2cccc(F)c2)C2(O)CCC2)CC1. The van der Waals surface area contributed by atoms with Gasteiger partial charge in [-0.25, -0.2) is 9.18 Å². The second-order valence-corrected chi connectivity index (χ2v) is 6.54. The third-order valence-corrected chi connectivity index (χ3v) is 5.05. The summed E-state index contributed by atoms with van der Waals surface area (Å²) in [5.41, 5.74) is -0.669. The fourth-order valence-electron chi connectivity index (χ4n) is 3.50. The monoisotopic (exact) mass is 336 g/mol. The van der Waals surface area contributed by atoms with Crippen LogP contribution >= 0.6 is 0 Å². The molecule has 0 radical (unpaired) electrons. The van der Waals surface area contributed by atoms with Crippen LogP contribution in [0.4, 0.5) is 9.18 Å². The molecule has 130 valence electrons. The van der Waals surface area contributed by atoms with Gasteiger partial charge in [0.1, 0.15) is 5.82 Å². The lowest BCUT2D eigenvalue weighted by Gasteiger charge is -2.45. The number of carbonyl (C=O) groups is 2. The fourth-order valence-corrected chi connectivity index (χ4v) is 3.50. The molecule has 2 N–H and O–H groups in total. The van der Waals surface area contributed by atoms with Gasteiger partial charge in [-0.05, 0) is 37.0 Å². The van der Waals surface area contributed by atoms with Crippen molar-refractivity contribution >= 4 is 12.0 Å². The number of amides is 2. The summed E-state index contributed by atoms with van der Waals surface area (Å²) in [6, 6.07) is 5.80. The number of piperazine rings is 1. The molecule has 1 aromatic rings. The maximum atomic E-state index is 13.6. The minimum absolute atomic E-state index is 0.245. The number of aliphatic hydroxyl groups is 1. The van der Waals surface area contributed by atoms with Gasteiger partial charge in [-0.2, -0.15) is 0 Å². The molecule has 1 aliphatic heterocycles. The van der Waals surface area contributed by atoms with E-state index in [1.54, 1.807) is 11.0 Å². The van der Waals surface area contributed by atoms with Gasteiger partial charge in [-0.1, -0.05) is 12.1 Å². The van der Waals surface area contributed by atoms with Crippen molar-refractivity contribution in [2.24, 2.45) is 0 Å². The quantitative estimate of drug-likeness (QED) is 0.879. The van der Waals surface area contributed by atoms with E-state index in [1.807, 2.05) is 0 Å². The van der Waals surface area contributed by atoms with E-state index >= 15 is 0 Å². The minimum atomic E-state index is -1.14. The van der Waals surface area contributed by atoms with Crippen LogP contribution in [0.25, 0.3) is 0 Å². The zero-order chi connectivity index (χ0) is 17.3. The highest BCUT2D eigenvalue weighted by molar-refractivity contribution is 5.85. The smallest absolute Gasteiger partial charge is 0.407 e. The van der Waals surface area contributed by atoms with E-state index in [4.69, 9.17) is 5.11 Å². The Morgan fingerprint density at radius 3 is 2.25 bits per heavy atom. The van der Waals surface area contributed by atoms with Gasteiger partial charge in [0, 0.05) is 26.2 Å². The molecule has 24 heavy (non-hydrogen) atoms. The molecule has 1 atom stereocenters. The Labute approximate surface area is 139 Å². The molecule has 7 heteroatoms. The van der Waals surface area contributed by atoms with E-state index in [1.165, 1.54) is 23.1 Å². The Balaban J connectivity index is 1.81. The topological polar surface area (TPSA) is 81.1 Å². The number of halogens is 1. The molecule has 2 aliphatic rings. The first-order valence-electron chi connectivity index (χ1n) is 8.15. The maximum Gasteiger partial charge on any atom is 0.407 e. The summed E-state index contributed by atoms with van der Waals surface area (Å²) in [6.07, 6.45) is 0.855. The molecule has 2 amide bonds. The van der Waals surface area contributed by atoms with Crippen LogP contribution < -0.4 is 0 Å². The van der Waals surface area contributed by atoms with Crippen molar-refractivity contribution in [3.8, 4) is 0 Å². The van der Waals surface area contributed by atoms with E-state index in [2.05, 4.69) is 0 Å². The predicted molar refractivity (Wildman–Crippen MR) is 84.1 cm³/mol. The lowest BCUT2D eigenvalue weighted by atomic mass is 9.68. The van der Waals surface area contributed by atoms with Crippen LogP contribution in [0.3, 0.4) is 0 Å². The van der Waals surface area contributed by atoms with Crippen LogP contribution in [0.1, 0.15) is 30.7 Å². The molecule has 1 aromatic carbocycles. The number of carbonyl (C=O) groups excluding carboxylic acids is 1. The van der Waals surface area contributed by atoms with Gasteiger partial charge < -0.3 is 20.0 Å². The zero-order valence-corrected chi connectivity index (χ0v) is 13.3. The first-order valence-corrected chi connectivity index (χ1v) is 8.15. The Morgan fingerprint density at radius 1 is 1.12 bits per heavy atom. The number of rotatable bonds is 3. The molecule has 1 unspecified atom stereocenters. The first kappa shape index (κ1) is 16.7. The third-order valence-electron chi connectivity index (χ3n) is 5.05. The zero-order valence-electron chi connectivity index (χ0n) is 13.3. The van der Waals surface area contributed by atoms with Crippen LogP contribution in [0.15, 0.2) is 24.3 Å². The first-order chi connectivity index (χ1) is 11.4. The average molecular weight is 336 g/mol. The predicted octanol–water partition coefficient (Wildman–Crippen LogP) is 1.65. The summed E-state index contributed by atoms with van der Waals surface area (Å²) in [4.78, 5) is 26.8. The van der Waals surface area contributed by atoms with E-state index < -0.39 is 23.4 Å². The summed E-state index contributed by atoms with van der Waals surface area (Å²) >= 11 is 0. The van der Waals surface area contributed by atoms with Crippen LogP contribution in [-0.2, 0) is 4.79 Å². The molecule has 1 heterocycles. The molecule has 6 nitrogen and oxygen atoms in total. The molecule has 3 rings (SSSR count). The van der Waals surface area contributed by atoms with Crippen molar-refractivity contribution in [2.75, 3.05) is 26.2 Å². The van der Waals surface area contributed by atoms with Crippen molar-refractivity contribution < 1.29 is 24.2 Å². The molecule has 2 fully saturated rings. The summed E-state index contributed by atoms with van der Waals surface area (Å²) in [6.45, 7) is 1.06. The van der Waals surface area contributed by atoms with Gasteiger partial charge in [0.05, 0.1) is 11.5 Å².